The Morgan fingerprint density at radius 3 is 2.49 bits per heavy atom. The topological polar surface area (TPSA) is 71.5 Å². The standard InChI is InChI=1S/C35H38FN3O3S/c1-2-17-39(35(41)38-27-5-3-4-6-27)22-24-9-12-26(13-10-24)33-21-30-34(43-33)32(15-16-37-30)42-31-14-11-25(20-29(31)36)19-28(40)18-23-7-8-23/h9-16,20-21,23,27H,2-8,17-19,22H2,1H3,(H,38,41). The van der Waals surface area contributed by atoms with Crippen molar-refractivity contribution in [2.75, 3.05) is 6.54 Å². The number of carbonyl (C=O) groups excluding carboxylic acids is 2. The van der Waals surface area contributed by atoms with Crippen molar-refractivity contribution in [1.29, 1.82) is 0 Å². The Labute approximate surface area is 256 Å². The van der Waals surface area contributed by atoms with Crippen molar-refractivity contribution < 1.29 is 18.7 Å². The number of ether oxygens (including phenoxy) is 1. The van der Waals surface area contributed by atoms with E-state index in [1.54, 1.807) is 35.7 Å². The summed E-state index contributed by atoms with van der Waals surface area (Å²) in [6.07, 6.45) is 10.2. The third kappa shape index (κ3) is 7.42. The van der Waals surface area contributed by atoms with Crippen LogP contribution in [-0.4, -0.2) is 34.3 Å². The van der Waals surface area contributed by atoms with E-state index in [2.05, 4.69) is 41.5 Å². The van der Waals surface area contributed by atoms with Gasteiger partial charge in [0.25, 0.3) is 0 Å². The maximum absolute atomic E-state index is 15.0. The summed E-state index contributed by atoms with van der Waals surface area (Å²) >= 11 is 1.55. The highest BCUT2D eigenvalue weighted by molar-refractivity contribution is 7.22. The molecule has 2 aromatic heterocycles. The van der Waals surface area contributed by atoms with Crippen molar-refractivity contribution in [2.24, 2.45) is 5.92 Å². The Morgan fingerprint density at radius 1 is 1.00 bits per heavy atom. The number of hydrogen-bond donors (Lipinski definition) is 1. The van der Waals surface area contributed by atoms with Crippen LogP contribution in [0.2, 0.25) is 0 Å². The fourth-order valence-corrected chi connectivity index (χ4v) is 6.86. The summed E-state index contributed by atoms with van der Waals surface area (Å²) in [5.74, 6) is 0.867. The van der Waals surface area contributed by atoms with Crippen LogP contribution >= 0.6 is 11.3 Å². The van der Waals surface area contributed by atoms with Crippen LogP contribution in [0.4, 0.5) is 9.18 Å². The molecule has 0 saturated heterocycles. The number of Topliss-reactive ketones (excluding diaryl/α,β-unsaturated/α-hetero) is 1. The summed E-state index contributed by atoms with van der Waals surface area (Å²) in [6, 6.07) is 17.1. The second-order valence-corrected chi connectivity index (χ2v) is 13.0. The lowest BCUT2D eigenvalue weighted by atomic mass is 10.0. The average Bonchev–Trinajstić information content (AvgIpc) is 3.45. The highest BCUT2D eigenvalue weighted by Gasteiger charge is 2.24. The molecule has 6 nitrogen and oxygen atoms in total. The van der Waals surface area contributed by atoms with Crippen LogP contribution in [0.25, 0.3) is 20.7 Å². The van der Waals surface area contributed by atoms with Crippen molar-refractivity contribution >= 4 is 33.4 Å². The number of benzene rings is 2. The molecule has 6 rings (SSSR count). The van der Waals surface area contributed by atoms with Gasteiger partial charge in [-0.3, -0.25) is 9.78 Å². The number of hydrogen-bond acceptors (Lipinski definition) is 5. The number of aromatic nitrogens is 1. The molecule has 4 aromatic rings. The van der Waals surface area contributed by atoms with Gasteiger partial charge in [0, 0.05) is 49.1 Å². The van der Waals surface area contributed by atoms with Crippen LogP contribution in [0.3, 0.4) is 0 Å². The Kier molecular flexibility index (Phi) is 9.03. The SMILES string of the molecule is CCCN(Cc1ccc(-c2cc3nccc(Oc4ccc(CC(=O)CC5CC5)cc4F)c3s2)cc1)C(=O)NC1CCCC1. The van der Waals surface area contributed by atoms with E-state index < -0.39 is 5.82 Å². The Bertz CT molecular complexity index is 1590. The molecule has 2 aliphatic carbocycles. The van der Waals surface area contributed by atoms with Crippen LogP contribution in [0.1, 0.15) is 69.4 Å². The first-order valence-corrected chi connectivity index (χ1v) is 16.3. The lowest BCUT2D eigenvalue weighted by Crippen LogP contribution is -2.43. The Balaban J connectivity index is 1.13. The van der Waals surface area contributed by atoms with Gasteiger partial charge in [0.05, 0.1) is 10.2 Å². The van der Waals surface area contributed by atoms with Crippen LogP contribution in [-0.2, 0) is 17.8 Å². The van der Waals surface area contributed by atoms with Gasteiger partial charge in [-0.1, -0.05) is 50.1 Å². The van der Waals surface area contributed by atoms with Crippen molar-refractivity contribution in [3.05, 3.63) is 77.7 Å². The molecule has 2 amide bonds. The van der Waals surface area contributed by atoms with Crippen LogP contribution in [0, 0.1) is 11.7 Å². The van der Waals surface area contributed by atoms with Crippen molar-refractivity contribution in [1.82, 2.24) is 15.2 Å². The quantitative estimate of drug-likeness (QED) is 0.177. The zero-order valence-electron chi connectivity index (χ0n) is 24.6. The molecule has 2 aliphatic rings. The van der Waals surface area contributed by atoms with E-state index in [1.807, 2.05) is 11.0 Å². The van der Waals surface area contributed by atoms with Gasteiger partial charge in [-0.05, 0) is 72.9 Å². The number of halogens is 1. The minimum Gasteiger partial charge on any atom is -0.453 e. The third-order valence-corrected chi connectivity index (χ3v) is 9.47. The zero-order valence-corrected chi connectivity index (χ0v) is 25.4. The molecule has 2 heterocycles. The lowest BCUT2D eigenvalue weighted by Gasteiger charge is -2.25. The second-order valence-electron chi connectivity index (χ2n) is 11.9. The summed E-state index contributed by atoms with van der Waals surface area (Å²) in [4.78, 5) is 32.6. The smallest absolute Gasteiger partial charge is 0.317 e. The number of urea groups is 1. The van der Waals surface area contributed by atoms with Gasteiger partial charge in [0.2, 0.25) is 0 Å². The van der Waals surface area contributed by atoms with Crippen LogP contribution < -0.4 is 10.1 Å². The molecular formula is C35H38FN3O3S. The molecule has 8 heteroatoms. The maximum atomic E-state index is 15.0. The number of carbonyl (C=O) groups is 2. The molecule has 0 aliphatic heterocycles. The number of nitrogens with one attached hydrogen (secondary N) is 1. The van der Waals surface area contributed by atoms with Crippen LogP contribution in [0.5, 0.6) is 11.5 Å². The number of ketones is 1. The molecule has 43 heavy (non-hydrogen) atoms. The first-order valence-electron chi connectivity index (χ1n) is 15.5. The number of nitrogens with zero attached hydrogens (tertiary/aromatic N) is 2. The van der Waals surface area contributed by atoms with Gasteiger partial charge >= 0.3 is 6.03 Å². The third-order valence-electron chi connectivity index (χ3n) is 8.28. The number of rotatable bonds is 12. The number of amides is 2. The van der Waals surface area contributed by atoms with E-state index in [1.165, 1.54) is 18.9 Å². The van der Waals surface area contributed by atoms with Gasteiger partial charge < -0.3 is 15.0 Å². The highest BCUT2D eigenvalue weighted by atomic mass is 32.1. The van der Waals surface area contributed by atoms with Crippen molar-refractivity contribution in [3.8, 4) is 21.9 Å². The molecule has 2 aromatic carbocycles. The normalized spacial score (nSPS) is 15.1. The molecule has 0 radical (unpaired) electrons. The van der Waals surface area contributed by atoms with Crippen molar-refractivity contribution in [3.63, 3.8) is 0 Å². The maximum Gasteiger partial charge on any atom is 0.317 e. The monoisotopic (exact) mass is 599 g/mol. The summed E-state index contributed by atoms with van der Waals surface area (Å²) < 4.78 is 21.8. The molecule has 224 valence electrons. The minimum atomic E-state index is -0.483. The molecular weight excluding hydrogens is 561 g/mol. The first-order chi connectivity index (χ1) is 20.9. The Hall–Kier alpha value is -3.78. The summed E-state index contributed by atoms with van der Waals surface area (Å²) in [7, 11) is 0. The average molecular weight is 600 g/mol. The minimum absolute atomic E-state index is 0.0223. The predicted molar refractivity (Wildman–Crippen MR) is 169 cm³/mol. The molecule has 0 bridgehead atoms. The molecule has 0 spiro atoms. The van der Waals surface area contributed by atoms with Gasteiger partial charge in [0.15, 0.2) is 11.6 Å². The predicted octanol–water partition coefficient (Wildman–Crippen LogP) is 8.67. The molecule has 0 atom stereocenters. The van der Waals surface area contributed by atoms with Crippen molar-refractivity contribution in [2.45, 2.75) is 77.3 Å². The van der Waals surface area contributed by atoms with Gasteiger partial charge in [-0.2, -0.15) is 0 Å². The lowest BCUT2D eigenvalue weighted by molar-refractivity contribution is -0.118. The fourth-order valence-electron chi connectivity index (χ4n) is 5.79. The molecule has 2 saturated carbocycles. The van der Waals surface area contributed by atoms with Gasteiger partial charge in [-0.15, -0.1) is 11.3 Å². The number of pyridine rings is 1. The van der Waals surface area contributed by atoms with E-state index >= 15 is 0 Å². The summed E-state index contributed by atoms with van der Waals surface area (Å²) in [5, 5.41) is 3.21. The van der Waals surface area contributed by atoms with Gasteiger partial charge in [0.1, 0.15) is 11.5 Å². The largest absolute Gasteiger partial charge is 0.453 e. The van der Waals surface area contributed by atoms with E-state index in [4.69, 9.17) is 4.74 Å². The summed E-state index contributed by atoms with van der Waals surface area (Å²) in [6.45, 7) is 3.37. The number of thiophene rings is 1. The zero-order chi connectivity index (χ0) is 29.8. The van der Waals surface area contributed by atoms with Gasteiger partial charge in [-0.25, -0.2) is 9.18 Å². The van der Waals surface area contributed by atoms with E-state index in [9.17, 15) is 14.0 Å². The van der Waals surface area contributed by atoms with E-state index in [0.717, 1.165) is 58.3 Å². The second kappa shape index (κ2) is 13.2. The molecule has 1 N–H and O–H groups in total. The Morgan fingerprint density at radius 2 is 1.77 bits per heavy atom. The van der Waals surface area contributed by atoms with E-state index in [0.29, 0.717) is 42.8 Å². The molecule has 2 fully saturated rings. The molecule has 0 unspecified atom stereocenters. The summed E-state index contributed by atoms with van der Waals surface area (Å²) in [5.41, 5.74) is 3.57. The van der Waals surface area contributed by atoms with E-state index in [-0.39, 0.29) is 24.0 Å². The first kappa shape index (κ1) is 29.3. The van der Waals surface area contributed by atoms with Crippen LogP contribution in [0.15, 0.2) is 60.8 Å². The highest BCUT2D eigenvalue weighted by Crippen LogP contribution is 2.40. The fraction of sp³-hybridized carbons (Fsp3) is 0.400. The number of fused-ring (bicyclic) bond motifs is 1.